The lowest BCUT2D eigenvalue weighted by Crippen LogP contribution is -2.33. The summed E-state index contributed by atoms with van der Waals surface area (Å²) < 4.78 is 1.86. The molecule has 2 aromatic heterocycles. The molecule has 1 aliphatic rings. The van der Waals surface area contributed by atoms with E-state index in [0.29, 0.717) is 11.6 Å². The molecule has 0 saturated carbocycles. The van der Waals surface area contributed by atoms with Crippen LogP contribution in [0.5, 0.6) is 0 Å². The fourth-order valence-electron chi connectivity index (χ4n) is 3.23. The van der Waals surface area contributed by atoms with Gasteiger partial charge in [0.25, 0.3) is 0 Å². The number of carbonyl (C=O) groups excluding carboxylic acids is 1. The van der Waals surface area contributed by atoms with Crippen molar-refractivity contribution in [1.29, 1.82) is 0 Å². The number of hydrogen-bond donors (Lipinski definition) is 1. The average molecular weight is 428 g/mol. The molecule has 4 rings (SSSR count). The van der Waals surface area contributed by atoms with Crippen LogP contribution in [0.25, 0.3) is 11.4 Å². The Morgan fingerprint density at radius 1 is 1.10 bits per heavy atom. The van der Waals surface area contributed by atoms with Gasteiger partial charge in [-0.05, 0) is 29.8 Å². The van der Waals surface area contributed by atoms with Crippen LogP contribution < -0.4 is 10.2 Å². The molecule has 6 nitrogen and oxygen atoms in total. The lowest BCUT2D eigenvalue weighted by Gasteiger charge is -2.27. The third-order valence-electron chi connectivity index (χ3n) is 4.77. The summed E-state index contributed by atoms with van der Waals surface area (Å²) in [6.07, 6.45) is 5.36. The quantitative estimate of drug-likeness (QED) is 0.652. The monoisotopic (exact) mass is 427 g/mol. The number of halogens is 1. The predicted molar refractivity (Wildman–Crippen MR) is 118 cm³/mol. The second kappa shape index (κ2) is 9.33. The molecule has 1 N–H and O–H groups in total. The first-order valence-corrected chi connectivity index (χ1v) is 11.0. The van der Waals surface area contributed by atoms with E-state index in [1.165, 1.54) is 0 Å². The second-order valence-electron chi connectivity index (χ2n) is 6.78. The highest BCUT2D eigenvalue weighted by atomic mass is 35.5. The SMILES string of the molecule is O=C(Cn1ccnc1-c1ccnc(N2CCSCC2)c1)NCc1ccc(Cl)cc1. The third-order valence-corrected chi connectivity index (χ3v) is 5.97. The zero-order chi connectivity index (χ0) is 20.1. The molecule has 3 aromatic rings. The van der Waals surface area contributed by atoms with Crippen molar-refractivity contribution in [3.63, 3.8) is 0 Å². The zero-order valence-electron chi connectivity index (χ0n) is 15.9. The molecule has 1 aliphatic heterocycles. The van der Waals surface area contributed by atoms with Gasteiger partial charge in [0, 0.05) is 60.3 Å². The van der Waals surface area contributed by atoms with Crippen molar-refractivity contribution in [2.45, 2.75) is 13.1 Å². The Labute approximate surface area is 179 Å². The normalized spacial score (nSPS) is 14.0. The van der Waals surface area contributed by atoms with Crippen LogP contribution in [0.2, 0.25) is 5.02 Å². The number of rotatable bonds is 6. The first-order valence-electron chi connectivity index (χ1n) is 9.50. The molecule has 0 atom stereocenters. The maximum Gasteiger partial charge on any atom is 0.240 e. The molecule has 1 amide bonds. The Bertz CT molecular complexity index is 969. The number of amides is 1. The highest BCUT2D eigenvalue weighted by molar-refractivity contribution is 7.99. The van der Waals surface area contributed by atoms with Crippen molar-refractivity contribution in [1.82, 2.24) is 19.9 Å². The molecular formula is C21H22ClN5OS. The number of nitrogens with one attached hydrogen (secondary N) is 1. The fourth-order valence-corrected chi connectivity index (χ4v) is 4.26. The third kappa shape index (κ3) is 5.10. The highest BCUT2D eigenvalue weighted by Gasteiger charge is 2.15. The number of aromatic nitrogens is 3. The van der Waals surface area contributed by atoms with Gasteiger partial charge in [0.1, 0.15) is 18.2 Å². The van der Waals surface area contributed by atoms with Crippen molar-refractivity contribution in [3.05, 3.63) is 65.6 Å². The van der Waals surface area contributed by atoms with E-state index >= 15 is 0 Å². The van der Waals surface area contributed by atoms with Gasteiger partial charge in [0.15, 0.2) is 0 Å². The Balaban J connectivity index is 1.43. The van der Waals surface area contributed by atoms with Gasteiger partial charge < -0.3 is 14.8 Å². The van der Waals surface area contributed by atoms with Gasteiger partial charge in [0.05, 0.1) is 0 Å². The minimum absolute atomic E-state index is 0.0680. The van der Waals surface area contributed by atoms with E-state index in [1.807, 2.05) is 59.1 Å². The molecule has 150 valence electrons. The van der Waals surface area contributed by atoms with E-state index in [2.05, 4.69) is 26.3 Å². The molecule has 1 fully saturated rings. The second-order valence-corrected chi connectivity index (χ2v) is 8.45. The fraction of sp³-hybridized carbons (Fsp3) is 0.286. The predicted octanol–water partition coefficient (Wildman–Crippen LogP) is 3.47. The van der Waals surface area contributed by atoms with Gasteiger partial charge in [-0.3, -0.25) is 4.79 Å². The van der Waals surface area contributed by atoms with E-state index in [4.69, 9.17) is 11.6 Å². The maximum absolute atomic E-state index is 12.4. The maximum atomic E-state index is 12.4. The molecule has 29 heavy (non-hydrogen) atoms. The Morgan fingerprint density at radius 3 is 2.69 bits per heavy atom. The number of hydrogen-bond acceptors (Lipinski definition) is 5. The molecule has 1 aromatic carbocycles. The molecule has 8 heteroatoms. The molecular weight excluding hydrogens is 406 g/mol. The minimum Gasteiger partial charge on any atom is -0.355 e. The van der Waals surface area contributed by atoms with Gasteiger partial charge in [-0.2, -0.15) is 11.8 Å². The number of nitrogens with zero attached hydrogens (tertiary/aromatic N) is 4. The molecule has 1 saturated heterocycles. The summed E-state index contributed by atoms with van der Waals surface area (Å²) in [5.41, 5.74) is 1.97. The molecule has 0 bridgehead atoms. The van der Waals surface area contributed by atoms with Crippen molar-refractivity contribution in [3.8, 4) is 11.4 Å². The lowest BCUT2D eigenvalue weighted by molar-refractivity contribution is -0.121. The van der Waals surface area contributed by atoms with E-state index in [9.17, 15) is 4.79 Å². The van der Waals surface area contributed by atoms with E-state index < -0.39 is 0 Å². The van der Waals surface area contributed by atoms with Gasteiger partial charge >= 0.3 is 0 Å². The zero-order valence-corrected chi connectivity index (χ0v) is 17.5. The van der Waals surface area contributed by atoms with Gasteiger partial charge in [-0.15, -0.1) is 0 Å². The molecule has 0 spiro atoms. The van der Waals surface area contributed by atoms with Crippen molar-refractivity contribution in [2.75, 3.05) is 29.5 Å². The van der Waals surface area contributed by atoms with Crippen molar-refractivity contribution in [2.24, 2.45) is 0 Å². The molecule has 3 heterocycles. The molecule has 0 aliphatic carbocycles. The molecule has 0 radical (unpaired) electrons. The summed E-state index contributed by atoms with van der Waals surface area (Å²) >= 11 is 7.87. The van der Waals surface area contributed by atoms with Crippen LogP contribution in [0.15, 0.2) is 55.0 Å². The first-order chi connectivity index (χ1) is 14.2. The van der Waals surface area contributed by atoms with E-state index in [0.717, 1.165) is 47.4 Å². The Kier molecular flexibility index (Phi) is 6.36. The first kappa shape index (κ1) is 19.8. The number of thioether (sulfide) groups is 1. The topological polar surface area (TPSA) is 63.1 Å². The summed E-state index contributed by atoms with van der Waals surface area (Å²) in [7, 11) is 0. The van der Waals surface area contributed by atoms with Crippen LogP contribution in [0.1, 0.15) is 5.56 Å². The van der Waals surface area contributed by atoms with Gasteiger partial charge in [-0.1, -0.05) is 23.7 Å². The van der Waals surface area contributed by atoms with Gasteiger partial charge in [-0.25, -0.2) is 9.97 Å². The summed E-state index contributed by atoms with van der Waals surface area (Å²) in [5, 5.41) is 3.63. The Hall–Kier alpha value is -2.51. The van der Waals surface area contributed by atoms with E-state index in [-0.39, 0.29) is 12.5 Å². The summed E-state index contributed by atoms with van der Waals surface area (Å²) in [4.78, 5) is 23.7. The van der Waals surface area contributed by atoms with Crippen LogP contribution in [0.3, 0.4) is 0 Å². The van der Waals surface area contributed by atoms with Crippen LogP contribution in [0.4, 0.5) is 5.82 Å². The number of pyridine rings is 1. The van der Waals surface area contributed by atoms with Gasteiger partial charge in [0.2, 0.25) is 5.91 Å². The smallest absolute Gasteiger partial charge is 0.240 e. The van der Waals surface area contributed by atoms with Crippen molar-refractivity contribution < 1.29 is 4.79 Å². The number of anilines is 1. The number of benzene rings is 1. The number of carbonyl (C=O) groups is 1. The van der Waals surface area contributed by atoms with Crippen LogP contribution in [-0.2, 0) is 17.9 Å². The Morgan fingerprint density at radius 2 is 1.90 bits per heavy atom. The van der Waals surface area contributed by atoms with Crippen LogP contribution >= 0.6 is 23.4 Å². The van der Waals surface area contributed by atoms with Crippen LogP contribution in [-0.4, -0.2) is 45.0 Å². The molecule has 0 unspecified atom stereocenters. The lowest BCUT2D eigenvalue weighted by atomic mass is 10.2. The van der Waals surface area contributed by atoms with Crippen LogP contribution in [0, 0.1) is 0 Å². The average Bonchev–Trinajstić information content (AvgIpc) is 3.22. The van der Waals surface area contributed by atoms with Crippen molar-refractivity contribution >= 4 is 35.1 Å². The summed E-state index contributed by atoms with van der Waals surface area (Å²) in [5.74, 6) is 3.90. The largest absolute Gasteiger partial charge is 0.355 e. The van der Waals surface area contributed by atoms with E-state index in [1.54, 1.807) is 6.20 Å². The number of imidazole rings is 1. The minimum atomic E-state index is -0.0680. The summed E-state index contributed by atoms with van der Waals surface area (Å²) in [6.45, 7) is 2.68. The standard InChI is InChI=1S/C21H22ClN5OS/c22-18-3-1-16(2-4-18)14-25-20(28)15-27-8-7-24-21(27)17-5-6-23-19(13-17)26-9-11-29-12-10-26/h1-8,13H,9-12,14-15H2,(H,25,28). The highest BCUT2D eigenvalue weighted by Crippen LogP contribution is 2.23. The summed E-state index contributed by atoms with van der Waals surface area (Å²) in [6, 6.07) is 11.4.